The van der Waals surface area contributed by atoms with Crippen LogP contribution in [0.15, 0.2) is 42.9 Å². The van der Waals surface area contributed by atoms with Gasteiger partial charge in [-0.25, -0.2) is 0 Å². The molecule has 2 rings (SSSR count). The Hall–Kier alpha value is -1.74. The van der Waals surface area contributed by atoms with Crippen LogP contribution in [0.1, 0.15) is 5.69 Å². The third-order valence-corrected chi connectivity index (χ3v) is 2.05. The molecule has 70 valence electrons. The maximum Gasteiger partial charge on any atom is 0.0539 e. The summed E-state index contributed by atoms with van der Waals surface area (Å²) in [5.74, 6) is 0. The van der Waals surface area contributed by atoms with Crippen molar-refractivity contribution in [1.29, 1.82) is 0 Å². The molecule has 0 amide bonds. The smallest absolute Gasteiger partial charge is 0.0539 e. The fourth-order valence-corrected chi connectivity index (χ4v) is 1.26. The number of nitrogens with zero attached hydrogens (tertiary/aromatic N) is 2. The van der Waals surface area contributed by atoms with Crippen LogP contribution in [0.3, 0.4) is 0 Å². The summed E-state index contributed by atoms with van der Waals surface area (Å²) in [6.07, 6.45) is 5.37. The Labute approximate surface area is 82.6 Å². The monoisotopic (exact) mass is 185 g/mol. The quantitative estimate of drug-likeness (QED) is 0.773. The Morgan fingerprint density at radius 2 is 1.79 bits per heavy atom. The second kappa shape index (κ2) is 3.98. The molecule has 0 aromatic carbocycles. The molecule has 0 unspecified atom stereocenters. The zero-order valence-corrected chi connectivity index (χ0v) is 7.72. The van der Waals surface area contributed by atoms with Crippen molar-refractivity contribution in [3.63, 3.8) is 0 Å². The largest absolute Gasteiger partial charge is 0.325 e. The van der Waals surface area contributed by atoms with Gasteiger partial charge in [-0.2, -0.15) is 0 Å². The number of nitrogens with two attached hydrogens (primary N) is 1. The second-order valence-electron chi connectivity index (χ2n) is 2.98. The van der Waals surface area contributed by atoms with Gasteiger partial charge in [0.15, 0.2) is 0 Å². The van der Waals surface area contributed by atoms with Gasteiger partial charge in [0.1, 0.15) is 0 Å². The second-order valence-corrected chi connectivity index (χ2v) is 2.98. The lowest BCUT2D eigenvalue weighted by atomic mass is 10.1. The van der Waals surface area contributed by atoms with Gasteiger partial charge < -0.3 is 5.73 Å². The zero-order valence-electron chi connectivity index (χ0n) is 7.72. The molecule has 0 fully saturated rings. The van der Waals surface area contributed by atoms with Crippen molar-refractivity contribution in [3.8, 4) is 11.1 Å². The number of hydrogen-bond acceptors (Lipinski definition) is 3. The van der Waals surface area contributed by atoms with E-state index in [1.54, 1.807) is 12.4 Å². The molecule has 0 radical (unpaired) electrons. The summed E-state index contributed by atoms with van der Waals surface area (Å²) in [5, 5.41) is 0. The van der Waals surface area contributed by atoms with E-state index in [0.29, 0.717) is 6.54 Å². The van der Waals surface area contributed by atoms with E-state index in [1.807, 2.05) is 30.5 Å². The fourth-order valence-electron chi connectivity index (χ4n) is 1.26. The highest BCUT2D eigenvalue weighted by Crippen LogP contribution is 2.16. The Morgan fingerprint density at radius 1 is 1.00 bits per heavy atom. The van der Waals surface area contributed by atoms with Gasteiger partial charge in [-0.05, 0) is 23.8 Å². The van der Waals surface area contributed by atoms with E-state index < -0.39 is 0 Å². The molecule has 0 saturated carbocycles. The summed E-state index contributed by atoms with van der Waals surface area (Å²) in [6, 6.07) is 7.87. The molecule has 2 aromatic rings. The van der Waals surface area contributed by atoms with Crippen molar-refractivity contribution in [1.82, 2.24) is 9.97 Å². The molecule has 0 aliphatic heterocycles. The van der Waals surface area contributed by atoms with Gasteiger partial charge in [-0.3, -0.25) is 9.97 Å². The summed E-state index contributed by atoms with van der Waals surface area (Å²) in [6.45, 7) is 0.483. The molecule has 14 heavy (non-hydrogen) atoms. The van der Waals surface area contributed by atoms with Gasteiger partial charge >= 0.3 is 0 Å². The Bertz CT molecular complexity index is 395. The van der Waals surface area contributed by atoms with E-state index in [1.165, 1.54) is 0 Å². The van der Waals surface area contributed by atoms with Gasteiger partial charge in [-0.15, -0.1) is 0 Å². The van der Waals surface area contributed by atoms with E-state index in [4.69, 9.17) is 5.73 Å². The highest BCUT2D eigenvalue weighted by atomic mass is 14.7. The number of pyridine rings is 2. The van der Waals surface area contributed by atoms with Crippen LogP contribution in [0.25, 0.3) is 11.1 Å². The van der Waals surface area contributed by atoms with Crippen LogP contribution in [0.2, 0.25) is 0 Å². The van der Waals surface area contributed by atoms with Crippen LogP contribution in [0.5, 0.6) is 0 Å². The van der Waals surface area contributed by atoms with Gasteiger partial charge in [-0.1, -0.05) is 6.07 Å². The van der Waals surface area contributed by atoms with Crippen molar-refractivity contribution in [2.24, 2.45) is 5.73 Å². The van der Waals surface area contributed by atoms with Gasteiger partial charge in [0.2, 0.25) is 0 Å². The third kappa shape index (κ3) is 1.78. The summed E-state index contributed by atoms with van der Waals surface area (Å²) < 4.78 is 0. The first-order valence-electron chi connectivity index (χ1n) is 4.45. The Balaban J connectivity index is 2.34. The molecule has 3 heteroatoms. The van der Waals surface area contributed by atoms with Crippen LogP contribution in [-0.2, 0) is 6.54 Å². The maximum atomic E-state index is 5.47. The van der Waals surface area contributed by atoms with E-state index in [-0.39, 0.29) is 0 Å². The molecule has 2 aromatic heterocycles. The molecular weight excluding hydrogens is 174 g/mol. The van der Waals surface area contributed by atoms with Crippen LogP contribution >= 0.6 is 0 Å². The molecule has 2 heterocycles. The van der Waals surface area contributed by atoms with E-state index >= 15 is 0 Å². The maximum absolute atomic E-state index is 5.47. The SMILES string of the molecule is NCc1ccc(-c2ccncc2)cn1. The number of aromatic nitrogens is 2. The van der Waals surface area contributed by atoms with Crippen LogP contribution < -0.4 is 5.73 Å². The Kier molecular flexibility index (Phi) is 2.51. The van der Waals surface area contributed by atoms with Crippen LogP contribution in [-0.4, -0.2) is 9.97 Å². The first-order chi connectivity index (χ1) is 6.90. The topological polar surface area (TPSA) is 51.8 Å². The molecule has 0 aliphatic rings. The molecule has 0 bridgehead atoms. The molecule has 2 N–H and O–H groups in total. The van der Waals surface area contributed by atoms with Crippen LogP contribution in [0, 0.1) is 0 Å². The summed E-state index contributed by atoms with van der Waals surface area (Å²) in [4.78, 5) is 8.19. The molecule has 0 saturated heterocycles. The highest BCUT2D eigenvalue weighted by Gasteiger charge is 1.96. The average Bonchev–Trinajstić information content (AvgIpc) is 2.30. The van der Waals surface area contributed by atoms with E-state index in [9.17, 15) is 0 Å². The van der Waals surface area contributed by atoms with Crippen LogP contribution in [0.4, 0.5) is 0 Å². The van der Waals surface area contributed by atoms with Crippen molar-refractivity contribution >= 4 is 0 Å². The minimum atomic E-state index is 0.483. The van der Waals surface area contributed by atoms with Crippen molar-refractivity contribution < 1.29 is 0 Å². The highest BCUT2D eigenvalue weighted by molar-refractivity contribution is 5.61. The van der Waals surface area contributed by atoms with E-state index in [2.05, 4.69) is 9.97 Å². The van der Waals surface area contributed by atoms with Crippen molar-refractivity contribution in [2.45, 2.75) is 6.54 Å². The van der Waals surface area contributed by atoms with Gasteiger partial charge in [0.25, 0.3) is 0 Å². The van der Waals surface area contributed by atoms with Gasteiger partial charge in [0.05, 0.1) is 5.69 Å². The molecule has 3 nitrogen and oxygen atoms in total. The molecule has 0 aliphatic carbocycles. The molecular formula is C11H11N3. The van der Waals surface area contributed by atoms with Crippen molar-refractivity contribution in [3.05, 3.63) is 48.5 Å². The summed E-state index contributed by atoms with van der Waals surface area (Å²) in [7, 11) is 0. The zero-order chi connectivity index (χ0) is 9.80. The number of hydrogen-bond donors (Lipinski definition) is 1. The minimum Gasteiger partial charge on any atom is -0.325 e. The van der Waals surface area contributed by atoms with Crippen molar-refractivity contribution in [2.75, 3.05) is 0 Å². The van der Waals surface area contributed by atoms with E-state index in [0.717, 1.165) is 16.8 Å². The standard InChI is InChI=1S/C11H11N3/c12-7-11-2-1-10(8-14-11)9-3-5-13-6-4-9/h1-6,8H,7,12H2. The fraction of sp³-hybridized carbons (Fsp3) is 0.0909. The number of rotatable bonds is 2. The molecule has 0 spiro atoms. The Morgan fingerprint density at radius 3 is 2.36 bits per heavy atom. The molecule has 0 atom stereocenters. The first-order valence-corrected chi connectivity index (χ1v) is 4.45. The lowest BCUT2D eigenvalue weighted by Crippen LogP contribution is -1.98. The summed E-state index contributed by atoms with van der Waals surface area (Å²) >= 11 is 0. The lowest BCUT2D eigenvalue weighted by molar-refractivity contribution is 0.991. The third-order valence-electron chi connectivity index (χ3n) is 2.05. The lowest BCUT2D eigenvalue weighted by Gasteiger charge is -2.01. The van der Waals surface area contributed by atoms with Gasteiger partial charge in [0, 0.05) is 30.7 Å². The average molecular weight is 185 g/mol. The normalized spacial score (nSPS) is 10.1. The first kappa shape index (κ1) is 8.84. The predicted molar refractivity (Wildman–Crippen MR) is 55.4 cm³/mol. The minimum absolute atomic E-state index is 0.483. The summed E-state index contributed by atoms with van der Waals surface area (Å²) in [5.41, 5.74) is 8.58. The predicted octanol–water partition coefficient (Wildman–Crippen LogP) is 1.60.